The van der Waals surface area contributed by atoms with Gasteiger partial charge in [0.15, 0.2) is 0 Å². The van der Waals surface area contributed by atoms with Crippen molar-refractivity contribution in [3.63, 3.8) is 0 Å². The van der Waals surface area contributed by atoms with Crippen LogP contribution in [0.15, 0.2) is 6.07 Å². The van der Waals surface area contributed by atoms with Gasteiger partial charge in [0.2, 0.25) is 0 Å². The third kappa shape index (κ3) is 3.08. The number of hydrogen-bond acceptors (Lipinski definition) is 2. The van der Waals surface area contributed by atoms with E-state index < -0.39 is 12.4 Å². The number of hydrogen-bond donors (Lipinski definition) is 1. The number of rotatable bonds is 3. The molecule has 1 aromatic rings. The van der Waals surface area contributed by atoms with Crippen LogP contribution in [0.25, 0.3) is 0 Å². The Labute approximate surface area is 98.7 Å². The van der Waals surface area contributed by atoms with E-state index in [4.69, 9.17) is 5.11 Å². The Bertz CT molecular complexity index is 396. The average molecular weight is 327 g/mol. The summed E-state index contributed by atoms with van der Waals surface area (Å²) in [6, 6.07) is 1.27. The number of aliphatic carboxylic acids is 1. The number of pyridine rings is 1. The van der Waals surface area contributed by atoms with Gasteiger partial charge in [0.25, 0.3) is 6.43 Å². The minimum atomic E-state index is -2.60. The second-order valence-electron chi connectivity index (χ2n) is 2.98. The molecule has 1 heterocycles. The highest BCUT2D eigenvalue weighted by atomic mass is 127. The number of carboxylic acid groups (broad SMARTS) is 1. The van der Waals surface area contributed by atoms with Gasteiger partial charge in [0, 0.05) is 5.56 Å². The summed E-state index contributed by atoms with van der Waals surface area (Å²) >= 11 is 1.79. The predicted molar refractivity (Wildman–Crippen MR) is 58.0 cm³/mol. The minimum absolute atomic E-state index is 0.148. The molecule has 0 radical (unpaired) electrons. The fraction of sp³-hybridized carbons (Fsp3) is 0.333. The number of carbonyl (C=O) groups is 1. The van der Waals surface area contributed by atoms with Gasteiger partial charge in [-0.05, 0) is 41.1 Å². The molecular formula is C9H8F2INO2. The third-order valence-electron chi connectivity index (χ3n) is 1.94. The van der Waals surface area contributed by atoms with Crippen LogP contribution in [-0.2, 0) is 11.2 Å². The maximum Gasteiger partial charge on any atom is 0.309 e. The van der Waals surface area contributed by atoms with Gasteiger partial charge in [-0.2, -0.15) is 0 Å². The molecule has 0 amide bonds. The Hall–Kier alpha value is -0.790. The first kappa shape index (κ1) is 12.3. The zero-order valence-electron chi connectivity index (χ0n) is 7.80. The van der Waals surface area contributed by atoms with E-state index in [1.165, 1.54) is 13.0 Å². The van der Waals surface area contributed by atoms with Crippen LogP contribution in [0.5, 0.6) is 0 Å². The first-order valence-electron chi connectivity index (χ1n) is 4.07. The second kappa shape index (κ2) is 4.82. The van der Waals surface area contributed by atoms with Crippen molar-refractivity contribution in [3.8, 4) is 0 Å². The van der Waals surface area contributed by atoms with Crippen molar-refractivity contribution in [3.05, 3.63) is 26.6 Å². The van der Waals surface area contributed by atoms with Crippen molar-refractivity contribution in [1.82, 2.24) is 4.98 Å². The van der Waals surface area contributed by atoms with E-state index in [1.54, 1.807) is 22.6 Å². The van der Waals surface area contributed by atoms with Gasteiger partial charge < -0.3 is 5.11 Å². The lowest BCUT2D eigenvalue weighted by Gasteiger charge is -2.09. The molecule has 0 aliphatic rings. The Balaban J connectivity index is 3.21. The first-order valence-corrected chi connectivity index (χ1v) is 5.15. The van der Waals surface area contributed by atoms with E-state index in [9.17, 15) is 13.6 Å². The molecule has 1 aromatic heterocycles. The van der Waals surface area contributed by atoms with Gasteiger partial charge in [-0.3, -0.25) is 4.79 Å². The molecule has 0 aliphatic heterocycles. The monoisotopic (exact) mass is 327 g/mol. The van der Waals surface area contributed by atoms with Crippen molar-refractivity contribution in [2.45, 2.75) is 19.8 Å². The Morgan fingerprint density at radius 1 is 1.67 bits per heavy atom. The molecule has 0 unspecified atom stereocenters. The van der Waals surface area contributed by atoms with Crippen LogP contribution >= 0.6 is 22.6 Å². The average Bonchev–Trinajstić information content (AvgIpc) is 2.09. The highest BCUT2D eigenvalue weighted by Crippen LogP contribution is 2.25. The van der Waals surface area contributed by atoms with Crippen LogP contribution in [0.4, 0.5) is 8.78 Å². The quantitative estimate of drug-likeness (QED) is 0.686. The summed E-state index contributed by atoms with van der Waals surface area (Å²) in [6.07, 6.45) is -2.93. The summed E-state index contributed by atoms with van der Waals surface area (Å²) in [5.41, 5.74) is 0.308. The van der Waals surface area contributed by atoms with E-state index in [0.717, 1.165) is 0 Å². The van der Waals surface area contributed by atoms with Gasteiger partial charge in [0.05, 0.1) is 12.1 Å². The molecule has 0 aromatic carbocycles. The molecule has 0 spiro atoms. The molecule has 82 valence electrons. The molecule has 3 nitrogen and oxygen atoms in total. The Kier molecular flexibility index (Phi) is 3.95. The smallest absolute Gasteiger partial charge is 0.309 e. The molecule has 0 atom stereocenters. The van der Waals surface area contributed by atoms with E-state index in [0.29, 0.717) is 3.70 Å². The fourth-order valence-electron chi connectivity index (χ4n) is 1.19. The van der Waals surface area contributed by atoms with E-state index in [2.05, 4.69) is 4.98 Å². The van der Waals surface area contributed by atoms with Crippen LogP contribution in [0.1, 0.15) is 23.2 Å². The van der Waals surface area contributed by atoms with Crippen molar-refractivity contribution in [2.24, 2.45) is 0 Å². The van der Waals surface area contributed by atoms with Crippen LogP contribution in [0.3, 0.4) is 0 Å². The standard InChI is InChI=1S/C9H8F2INO2/c1-4-5(9(10)11)2-7(12)13-6(4)3-8(14)15/h2,9H,3H2,1H3,(H,14,15). The van der Waals surface area contributed by atoms with Crippen LogP contribution < -0.4 is 0 Å². The molecule has 1 rings (SSSR count). The van der Waals surface area contributed by atoms with Gasteiger partial charge >= 0.3 is 5.97 Å². The molecule has 0 fully saturated rings. The number of halogens is 3. The summed E-state index contributed by atoms with van der Waals surface area (Å²) < 4.78 is 25.5. The maximum atomic E-state index is 12.5. The lowest BCUT2D eigenvalue weighted by Crippen LogP contribution is -2.08. The van der Waals surface area contributed by atoms with Gasteiger partial charge in [-0.25, -0.2) is 13.8 Å². The summed E-state index contributed by atoms with van der Waals surface area (Å²) in [6.45, 7) is 1.46. The molecule has 0 saturated carbocycles. The first-order chi connectivity index (χ1) is 6.91. The van der Waals surface area contributed by atoms with E-state index in [1.807, 2.05) is 0 Å². The fourth-order valence-corrected chi connectivity index (χ4v) is 1.82. The van der Waals surface area contributed by atoms with Gasteiger partial charge in [-0.15, -0.1) is 0 Å². The largest absolute Gasteiger partial charge is 0.481 e. The van der Waals surface area contributed by atoms with Gasteiger partial charge in [-0.1, -0.05) is 0 Å². The molecule has 0 bridgehead atoms. The molecule has 15 heavy (non-hydrogen) atoms. The normalized spacial score (nSPS) is 10.7. The molecule has 6 heteroatoms. The zero-order valence-corrected chi connectivity index (χ0v) is 9.96. The molecular weight excluding hydrogens is 319 g/mol. The molecule has 0 saturated heterocycles. The predicted octanol–water partition coefficient (Wildman–Crippen LogP) is 2.56. The van der Waals surface area contributed by atoms with Crippen molar-refractivity contribution in [2.75, 3.05) is 0 Å². The van der Waals surface area contributed by atoms with Crippen LogP contribution in [-0.4, -0.2) is 16.1 Å². The Morgan fingerprint density at radius 2 is 2.27 bits per heavy atom. The number of alkyl halides is 2. The summed E-state index contributed by atoms with van der Waals surface area (Å²) in [5.74, 6) is -1.08. The van der Waals surface area contributed by atoms with Crippen molar-refractivity contribution in [1.29, 1.82) is 0 Å². The summed E-state index contributed by atoms with van der Waals surface area (Å²) in [4.78, 5) is 14.4. The minimum Gasteiger partial charge on any atom is -0.481 e. The van der Waals surface area contributed by atoms with Gasteiger partial charge in [0.1, 0.15) is 3.70 Å². The van der Waals surface area contributed by atoms with Crippen molar-refractivity contribution < 1.29 is 18.7 Å². The van der Waals surface area contributed by atoms with E-state index in [-0.39, 0.29) is 23.2 Å². The topological polar surface area (TPSA) is 50.2 Å². The lowest BCUT2D eigenvalue weighted by molar-refractivity contribution is -0.136. The molecule has 1 N–H and O–H groups in total. The van der Waals surface area contributed by atoms with E-state index >= 15 is 0 Å². The number of aromatic nitrogens is 1. The second-order valence-corrected chi connectivity index (χ2v) is 4.08. The lowest BCUT2D eigenvalue weighted by atomic mass is 10.1. The van der Waals surface area contributed by atoms with Crippen LogP contribution in [0.2, 0.25) is 0 Å². The maximum absolute atomic E-state index is 12.5. The zero-order chi connectivity index (χ0) is 11.6. The summed E-state index contributed by atoms with van der Waals surface area (Å²) in [7, 11) is 0. The Morgan fingerprint density at radius 3 is 2.73 bits per heavy atom. The SMILES string of the molecule is Cc1c(C(F)F)cc(I)nc1CC(=O)O. The summed E-state index contributed by atoms with van der Waals surface area (Å²) in [5, 5.41) is 8.58. The number of nitrogens with zero attached hydrogens (tertiary/aromatic N) is 1. The highest BCUT2D eigenvalue weighted by molar-refractivity contribution is 14.1. The third-order valence-corrected chi connectivity index (χ3v) is 2.49. The number of carboxylic acids is 1. The van der Waals surface area contributed by atoms with Crippen LogP contribution in [0, 0.1) is 10.6 Å². The highest BCUT2D eigenvalue weighted by Gasteiger charge is 2.16. The molecule has 0 aliphatic carbocycles. The van der Waals surface area contributed by atoms with Crippen molar-refractivity contribution >= 4 is 28.6 Å².